The van der Waals surface area contributed by atoms with Gasteiger partial charge in [0.1, 0.15) is 22.8 Å². The Balaban J connectivity index is 1.01. The number of thiophene rings is 2. The molecule has 2 unspecified atom stereocenters. The summed E-state index contributed by atoms with van der Waals surface area (Å²) < 4.78 is 11.9. The van der Waals surface area contributed by atoms with Gasteiger partial charge in [-0.1, -0.05) is 133 Å². The fourth-order valence-corrected chi connectivity index (χ4v) is 12.9. The highest BCUT2D eigenvalue weighted by atomic mass is 32.1. The number of nitrogens with one attached hydrogen (secondary N) is 1. The van der Waals surface area contributed by atoms with Crippen LogP contribution < -0.4 is 5.32 Å². The van der Waals surface area contributed by atoms with Gasteiger partial charge in [0.15, 0.2) is 6.17 Å². The lowest BCUT2D eigenvalue weighted by atomic mass is 9.84. The highest BCUT2D eigenvalue weighted by Gasteiger charge is 2.30. The van der Waals surface area contributed by atoms with Gasteiger partial charge >= 0.3 is 0 Å². The Morgan fingerprint density at radius 1 is 0.469 bits per heavy atom. The molecule has 0 radical (unpaired) electrons. The van der Waals surface area contributed by atoms with Gasteiger partial charge in [-0.25, -0.2) is 9.98 Å². The first kappa shape index (κ1) is 36.1. The topological polar surface area (TPSA) is 49.9 Å². The number of rotatable bonds is 4. The second-order valence-electron chi connectivity index (χ2n) is 17.1. The van der Waals surface area contributed by atoms with E-state index in [1.807, 2.05) is 22.7 Å². The van der Waals surface area contributed by atoms with Gasteiger partial charge in [0.25, 0.3) is 0 Å². The second-order valence-corrected chi connectivity index (χ2v) is 19.3. The molecule has 0 saturated heterocycles. The number of furan rings is 1. The predicted molar refractivity (Wildman–Crippen MR) is 271 cm³/mol. The quantitative estimate of drug-likeness (QED) is 0.192. The molecule has 6 heteroatoms. The van der Waals surface area contributed by atoms with Gasteiger partial charge in [-0.15, -0.1) is 22.7 Å². The molecule has 1 N–H and O–H groups in total. The number of para-hydroxylation sites is 1. The lowest BCUT2D eigenvalue weighted by molar-refractivity contribution is 0.666. The molecular weight excluding hydrogens is 819 g/mol. The van der Waals surface area contributed by atoms with Crippen molar-refractivity contribution < 1.29 is 4.42 Å². The minimum Gasteiger partial charge on any atom is -0.455 e. The maximum Gasteiger partial charge on any atom is 0.170 e. The molecule has 64 heavy (non-hydrogen) atoms. The van der Waals surface area contributed by atoms with Crippen LogP contribution in [-0.4, -0.2) is 11.7 Å². The van der Waals surface area contributed by atoms with Gasteiger partial charge in [-0.2, -0.15) is 0 Å². The molecule has 9 aromatic carbocycles. The van der Waals surface area contributed by atoms with Crippen molar-refractivity contribution >= 4 is 107 Å². The molecule has 0 amide bonds. The molecule has 0 bridgehead atoms. The summed E-state index contributed by atoms with van der Waals surface area (Å²) in [7, 11) is 0. The zero-order chi connectivity index (χ0) is 41.9. The molecule has 14 rings (SSSR count). The van der Waals surface area contributed by atoms with Crippen LogP contribution in [-0.2, 0) is 6.42 Å². The number of hydrogen-bond donors (Lipinski definition) is 1. The van der Waals surface area contributed by atoms with E-state index in [9.17, 15) is 0 Å². The zero-order valence-corrected chi connectivity index (χ0v) is 36.1. The molecule has 1 aliphatic heterocycles. The molecule has 302 valence electrons. The largest absolute Gasteiger partial charge is 0.455 e. The lowest BCUT2D eigenvalue weighted by Gasteiger charge is -2.25. The molecular formula is C58H37N3OS2. The number of aliphatic imine (C=N–C) groups is 2. The van der Waals surface area contributed by atoms with E-state index in [1.54, 1.807) is 0 Å². The van der Waals surface area contributed by atoms with Crippen LogP contribution in [0.1, 0.15) is 51.9 Å². The molecule has 3 aromatic heterocycles. The van der Waals surface area contributed by atoms with Crippen LogP contribution in [0.15, 0.2) is 196 Å². The Morgan fingerprint density at radius 3 is 1.91 bits per heavy atom. The molecule has 1 aliphatic carbocycles. The summed E-state index contributed by atoms with van der Waals surface area (Å²) in [6.07, 6.45) is 1.42. The van der Waals surface area contributed by atoms with Crippen LogP contribution in [0, 0.1) is 0 Å². The van der Waals surface area contributed by atoms with E-state index in [0.717, 1.165) is 63.1 Å². The number of hydrogen-bond acceptors (Lipinski definition) is 6. The highest BCUT2D eigenvalue weighted by molar-refractivity contribution is 7.26. The van der Waals surface area contributed by atoms with Gasteiger partial charge in [0.05, 0.1) is 5.56 Å². The van der Waals surface area contributed by atoms with Crippen LogP contribution in [0.3, 0.4) is 0 Å². The Hall–Kier alpha value is -7.38. The number of benzene rings is 9. The number of amidine groups is 2. The average Bonchev–Trinajstić information content (AvgIpc) is 4.02. The standard InChI is InChI=1S/C58H37N3OS2/c1-2-14-34-30-45-35(29-33(34)13-1)27-28-37(38-15-3-4-16-39(38)45)36-31-46-40-17-5-8-22-48(40)62-55(46)47(32-36)58-60-56(43-20-11-25-51-53(43)41-18-6-9-23-49(41)63-51)59-57(61-58)44-21-12-26-52-54(44)42-19-7-10-24-50(42)64-52/h1-26,29-32,37,56H,27-28H2,(H,59,60,61). The first-order valence-corrected chi connectivity index (χ1v) is 23.6. The Labute approximate surface area is 376 Å². The van der Waals surface area contributed by atoms with Gasteiger partial charge in [0.2, 0.25) is 0 Å². The monoisotopic (exact) mass is 855 g/mol. The number of aryl methyl sites for hydroxylation is 1. The van der Waals surface area contributed by atoms with Gasteiger partial charge < -0.3 is 9.73 Å². The molecule has 4 nitrogen and oxygen atoms in total. The van der Waals surface area contributed by atoms with Gasteiger partial charge in [-0.3, -0.25) is 0 Å². The van der Waals surface area contributed by atoms with Crippen LogP contribution in [0.5, 0.6) is 0 Å². The van der Waals surface area contributed by atoms with E-state index in [1.165, 1.54) is 78.9 Å². The first-order valence-electron chi connectivity index (χ1n) is 22.0. The van der Waals surface area contributed by atoms with Crippen molar-refractivity contribution in [3.05, 3.63) is 215 Å². The van der Waals surface area contributed by atoms with E-state index in [2.05, 4.69) is 187 Å². The van der Waals surface area contributed by atoms with Crippen LogP contribution >= 0.6 is 22.7 Å². The van der Waals surface area contributed by atoms with Crippen molar-refractivity contribution in [2.45, 2.75) is 24.9 Å². The maximum atomic E-state index is 6.92. The minimum atomic E-state index is -0.515. The summed E-state index contributed by atoms with van der Waals surface area (Å²) >= 11 is 3.65. The predicted octanol–water partition coefficient (Wildman–Crippen LogP) is 15.7. The van der Waals surface area contributed by atoms with Gasteiger partial charge in [0, 0.05) is 68.2 Å². The fraction of sp³-hybridized carbons (Fsp3) is 0.0690. The summed E-state index contributed by atoms with van der Waals surface area (Å²) in [5.41, 5.74) is 11.4. The molecule has 2 aliphatic rings. The van der Waals surface area contributed by atoms with E-state index < -0.39 is 6.17 Å². The summed E-state index contributed by atoms with van der Waals surface area (Å²) in [5.74, 6) is 1.69. The van der Waals surface area contributed by atoms with Crippen molar-refractivity contribution in [3.8, 4) is 11.1 Å². The summed E-state index contributed by atoms with van der Waals surface area (Å²) in [5, 5.41) is 13.5. The fourth-order valence-electron chi connectivity index (χ4n) is 10.7. The molecule has 2 atom stereocenters. The molecule has 4 heterocycles. The third kappa shape index (κ3) is 5.52. The third-order valence-corrected chi connectivity index (χ3v) is 15.8. The number of fused-ring (bicyclic) bond motifs is 13. The zero-order valence-electron chi connectivity index (χ0n) is 34.5. The second kappa shape index (κ2) is 14.1. The third-order valence-electron chi connectivity index (χ3n) is 13.6. The van der Waals surface area contributed by atoms with Crippen LogP contribution in [0.4, 0.5) is 0 Å². The van der Waals surface area contributed by atoms with Crippen molar-refractivity contribution in [2.24, 2.45) is 9.98 Å². The van der Waals surface area contributed by atoms with Crippen LogP contribution in [0.2, 0.25) is 0 Å². The Morgan fingerprint density at radius 2 is 1.08 bits per heavy atom. The Bertz CT molecular complexity index is 3980. The lowest BCUT2D eigenvalue weighted by Crippen LogP contribution is -2.36. The first-order chi connectivity index (χ1) is 31.7. The minimum absolute atomic E-state index is 0.133. The van der Waals surface area contributed by atoms with E-state index >= 15 is 0 Å². The maximum absolute atomic E-state index is 6.92. The van der Waals surface area contributed by atoms with Crippen LogP contribution in [0.25, 0.3) is 84.2 Å². The average molecular weight is 856 g/mol. The molecule has 0 fully saturated rings. The Kier molecular flexibility index (Phi) is 7.94. The van der Waals surface area contributed by atoms with Crippen molar-refractivity contribution in [2.75, 3.05) is 0 Å². The van der Waals surface area contributed by atoms with Crippen molar-refractivity contribution in [1.82, 2.24) is 5.32 Å². The van der Waals surface area contributed by atoms with E-state index in [4.69, 9.17) is 14.4 Å². The molecule has 12 aromatic rings. The van der Waals surface area contributed by atoms with Crippen molar-refractivity contribution in [3.63, 3.8) is 0 Å². The summed E-state index contributed by atoms with van der Waals surface area (Å²) in [4.78, 5) is 11.3. The smallest absolute Gasteiger partial charge is 0.170 e. The highest BCUT2D eigenvalue weighted by Crippen LogP contribution is 2.46. The van der Waals surface area contributed by atoms with Gasteiger partial charge in [-0.05, 0) is 100.0 Å². The normalized spacial score (nSPS) is 16.3. The molecule has 0 saturated carbocycles. The van der Waals surface area contributed by atoms with Crippen molar-refractivity contribution in [1.29, 1.82) is 0 Å². The van der Waals surface area contributed by atoms with E-state index in [0.29, 0.717) is 0 Å². The molecule has 0 spiro atoms. The SMILES string of the molecule is c1ccc2c(c1)-c1cc3ccccc3cc1CCC2c1cc(C2=NC(c3cccc4sc5ccccc5c34)N=C(c3cccc4sc5ccccc5c34)N2)c2oc3ccccc3c2c1. The van der Waals surface area contributed by atoms with E-state index in [-0.39, 0.29) is 5.92 Å². The summed E-state index contributed by atoms with van der Waals surface area (Å²) in [6.45, 7) is 0. The number of nitrogens with zero attached hydrogens (tertiary/aromatic N) is 2. The summed E-state index contributed by atoms with van der Waals surface area (Å²) in [6, 6.07) is 66.4.